The van der Waals surface area contributed by atoms with E-state index in [4.69, 9.17) is 10.2 Å². The van der Waals surface area contributed by atoms with Gasteiger partial charge in [-0.1, -0.05) is 0 Å². The van der Waals surface area contributed by atoms with E-state index in [-0.39, 0.29) is 27.8 Å². The predicted octanol–water partition coefficient (Wildman–Crippen LogP) is 3.02. The van der Waals surface area contributed by atoms with Crippen molar-refractivity contribution in [3.05, 3.63) is 62.8 Å². The van der Waals surface area contributed by atoms with Crippen LogP contribution in [-0.4, -0.2) is 19.0 Å². The Labute approximate surface area is 137 Å². The first kappa shape index (κ1) is 15.5. The van der Waals surface area contributed by atoms with Crippen LogP contribution in [0.1, 0.15) is 0 Å². The Morgan fingerprint density at radius 1 is 1.12 bits per heavy atom. The van der Waals surface area contributed by atoms with Gasteiger partial charge >= 0.3 is 5.69 Å². The first-order valence-electron chi connectivity index (χ1n) is 7.17. The summed E-state index contributed by atoms with van der Waals surface area (Å²) >= 11 is 0. The van der Waals surface area contributed by atoms with Gasteiger partial charge in [-0.25, -0.2) is 0 Å². The lowest BCUT2D eigenvalue weighted by Gasteiger charge is -2.12. The van der Waals surface area contributed by atoms with Crippen molar-refractivity contribution in [2.45, 2.75) is 0 Å². The SMILES string of the molecule is CN(C)c1ccc(-c2cc(=O)c3ccc(N)c([N+](=O)[O-])c3o2)cc1. The zero-order chi connectivity index (χ0) is 17.4. The molecule has 0 spiro atoms. The second-order valence-corrected chi connectivity index (χ2v) is 5.55. The summed E-state index contributed by atoms with van der Waals surface area (Å²) in [5.41, 5.74) is 6.40. The average Bonchev–Trinajstić information content (AvgIpc) is 2.54. The van der Waals surface area contributed by atoms with Gasteiger partial charge in [0.25, 0.3) is 0 Å². The molecule has 2 aromatic carbocycles. The molecule has 3 rings (SSSR count). The molecule has 3 aromatic rings. The Hall–Kier alpha value is -3.35. The molecule has 0 aliphatic heterocycles. The highest BCUT2D eigenvalue weighted by molar-refractivity contribution is 5.92. The van der Waals surface area contributed by atoms with Gasteiger partial charge in [-0.2, -0.15) is 0 Å². The molecule has 0 amide bonds. The van der Waals surface area contributed by atoms with Crippen LogP contribution < -0.4 is 16.1 Å². The Bertz CT molecular complexity index is 991. The molecule has 0 radical (unpaired) electrons. The molecule has 0 unspecified atom stereocenters. The van der Waals surface area contributed by atoms with Crippen LogP contribution in [0.4, 0.5) is 17.1 Å². The van der Waals surface area contributed by atoms with Gasteiger partial charge in [-0.3, -0.25) is 14.9 Å². The Morgan fingerprint density at radius 2 is 1.79 bits per heavy atom. The number of anilines is 2. The summed E-state index contributed by atoms with van der Waals surface area (Å²) in [7, 11) is 3.83. The maximum absolute atomic E-state index is 12.3. The summed E-state index contributed by atoms with van der Waals surface area (Å²) in [6.07, 6.45) is 0. The van der Waals surface area contributed by atoms with Crippen molar-refractivity contribution in [2.75, 3.05) is 24.7 Å². The molecule has 24 heavy (non-hydrogen) atoms. The van der Waals surface area contributed by atoms with Crippen molar-refractivity contribution in [3.8, 4) is 11.3 Å². The molecule has 0 bridgehead atoms. The molecule has 0 saturated carbocycles. The van der Waals surface area contributed by atoms with Crippen LogP contribution in [0.3, 0.4) is 0 Å². The van der Waals surface area contributed by atoms with Gasteiger partial charge in [0, 0.05) is 31.4 Å². The number of hydrogen-bond acceptors (Lipinski definition) is 6. The molecule has 0 aliphatic rings. The van der Waals surface area contributed by atoms with Gasteiger partial charge in [0.15, 0.2) is 5.43 Å². The van der Waals surface area contributed by atoms with Crippen molar-refractivity contribution in [1.29, 1.82) is 0 Å². The van der Waals surface area contributed by atoms with Gasteiger partial charge < -0.3 is 15.1 Å². The maximum Gasteiger partial charge on any atom is 0.334 e. The minimum atomic E-state index is -0.639. The van der Waals surface area contributed by atoms with E-state index in [2.05, 4.69) is 0 Å². The Balaban J connectivity index is 2.25. The molecule has 0 aliphatic carbocycles. The number of nitrogens with zero attached hydrogens (tertiary/aromatic N) is 2. The zero-order valence-corrected chi connectivity index (χ0v) is 13.1. The van der Waals surface area contributed by atoms with Crippen molar-refractivity contribution in [1.82, 2.24) is 0 Å². The maximum atomic E-state index is 12.3. The summed E-state index contributed by atoms with van der Waals surface area (Å²) in [4.78, 5) is 24.9. The zero-order valence-electron chi connectivity index (χ0n) is 13.1. The van der Waals surface area contributed by atoms with Crippen LogP contribution in [-0.2, 0) is 0 Å². The normalized spacial score (nSPS) is 10.8. The summed E-state index contributed by atoms with van der Waals surface area (Å²) < 4.78 is 5.67. The third-order valence-electron chi connectivity index (χ3n) is 3.75. The fraction of sp³-hybridized carbons (Fsp3) is 0.118. The van der Waals surface area contributed by atoms with E-state index in [1.807, 2.05) is 31.1 Å². The Kier molecular flexibility index (Phi) is 3.69. The van der Waals surface area contributed by atoms with E-state index in [1.54, 1.807) is 12.1 Å². The number of benzene rings is 2. The minimum absolute atomic E-state index is 0.0456. The first-order chi connectivity index (χ1) is 11.4. The number of nitrogen functional groups attached to an aromatic ring is 1. The fourth-order valence-corrected chi connectivity index (χ4v) is 2.47. The molecule has 1 aromatic heterocycles. The van der Waals surface area contributed by atoms with Gasteiger partial charge in [0.05, 0.1) is 10.3 Å². The van der Waals surface area contributed by atoms with E-state index >= 15 is 0 Å². The van der Waals surface area contributed by atoms with Crippen molar-refractivity contribution in [3.63, 3.8) is 0 Å². The molecule has 7 nitrogen and oxygen atoms in total. The number of rotatable bonds is 3. The average molecular weight is 325 g/mol. The van der Waals surface area contributed by atoms with E-state index < -0.39 is 10.6 Å². The third kappa shape index (κ3) is 2.56. The molecule has 0 atom stereocenters. The number of fused-ring (bicyclic) bond motifs is 1. The molecule has 7 heteroatoms. The van der Waals surface area contributed by atoms with Gasteiger partial charge in [-0.05, 0) is 36.4 Å². The molecule has 122 valence electrons. The largest absolute Gasteiger partial charge is 0.448 e. The number of nitro groups is 1. The monoisotopic (exact) mass is 325 g/mol. The third-order valence-corrected chi connectivity index (χ3v) is 3.75. The van der Waals surface area contributed by atoms with Crippen LogP contribution in [0.2, 0.25) is 0 Å². The van der Waals surface area contributed by atoms with Crippen LogP contribution in [0.25, 0.3) is 22.3 Å². The summed E-state index contributed by atoms with van der Waals surface area (Å²) in [5.74, 6) is 0.256. The van der Waals surface area contributed by atoms with E-state index in [0.29, 0.717) is 5.56 Å². The molecular weight excluding hydrogens is 310 g/mol. The first-order valence-corrected chi connectivity index (χ1v) is 7.17. The molecule has 1 heterocycles. The fourth-order valence-electron chi connectivity index (χ4n) is 2.47. The number of hydrogen-bond donors (Lipinski definition) is 1. The van der Waals surface area contributed by atoms with Gasteiger partial charge in [-0.15, -0.1) is 0 Å². The van der Waals surface area contributed by atoms with E-state index in [9.17, 15) is 14.9 Å². The molecule has 0 saturated heterocycles. The van der Waals surface area contributed by atoms with Crippen LogP contribution in [0.15, 0.2) is 51.7 Å². The standard InChI is InChI=1S/C17H15N3O4/c1-19(2)11-5-3-10(4-6-11)15-9-14(21)12-7-8-13(18)16(20(22)23)17(12)24-15/h3-9H,18H2,1-2H3. The lowest BCUT2D eigenvalue weighted by atomic mass is 10.1. The van der Waals surface area contributed by atoms with Crippen LogP contribution in [0, 0.1) is 10.1 Å². The second-order valence-electron chi connectivity index (χ2n) is 5.55. The molecule has 0 fully saturated rings. The topological polar surface area (TPSA) is 103 Å². The highest BCUT2D eigenvalue weighted by atomic mass is 16.6. The lowest BCUT2D eigenvalue weighted by molar-refractivity contribution is -0.382. The number of nitro benzene ring substituents is 1. The van der Waals surface area contributed by atoms with Crippen molar-refractivity contribution >= 4 is 28.0 Å². The molecular formula is C17H15N3O4. The Morgan fingerprint density at radius 3 is 2.38 bits per heavy atom. The van der Waals surface area contributed by atoms with Crippen molar-refractivity contribution < 1.29 is 9.34 Å². The predicted molar refractivity (Wildman–Crippen MR) is 93.3 cm³/mol. The highest BCUT2D eigenvalue weighted by Crippen LogP contribution is 2.33. The van der Waals surface area contributed by atoms with Crippen LogP contribution in [0.5, 0.6) is 0 Å². The van der Waals surface area contributed by atoms with Crippen molar-refractivity contribution in [2.24, 2.45) is 0 Å². The quantitative estimate of drug-likeness (QED) is 0.451. The van der Waals surface area contributed by atoms with Gasteiger partial charge in [0.2, 0.25) is 5.58 Å². The summed E-state index contributed by atoms with van der Waals surface area (Å²) in [5, 5.41) is 11.4. The summed E-state index contributed by atoms with van der Waals surface area (Å²) in [6.45, 7) is 0. The lowest BCUT2D eigenvalue weighted by Crippen LogP contribution is -2.08. The second kappa shape index (κ2) is 5.69. The van der Waals surface area contributed by atoms with Gasteiger partial charge in [0.1, 0.15) is 11.4 Å². The van der Waals surface area contributed by atoms with Crippen LogP contribution >= 0.6 is 0 Å². The minimum Gasteiger partial charge on any atom is -0.448 e. The van der Waals surface area contributed by atoms with E-state index in [1.165, 1.54) is 18.2 Å². The smallest absolute Gasteiger partial charge is 0.334 e. The molecule has 2 N–H and O–H groups in total. The highest BCUT2D eigenvalue weighted by Gasteiger charge is 2.21. The van der Waals surface area contributed by atoms with E-state index in [0.717, 1.165) is 5.69 Å². The number of nitrogens with two attached hydrogens (primary N) is 1. The summed E-state index contributed by atoms with van der Waals surface area (Å²) in [6, 6.07) is 11.4.